The number of amides is 1. The van der Waals surface area contributed by atoms with Crippen molar-refractivity contribution in [2.24, 2.45) is 5.92 Å². The van der Waals surface area contributed by atoms with Crippen LogP contribution in [-0.2, 0) is 24.3 Å². The Hall–Kier alpha value is -2.00. The Labute approximate surface area is 177 Å². The molecule has 2 aliphatic rings. The second-order valence-corrected chi connectivity index (χ2v) is 9.85. The van der Waals surface area contributed by atoms with Crippen LogP contribution in [0.3, 0.4) is 0 Å². The van der Waals surface area contributed by atoms with E-state index in [1.54, 1.807) is 4.90 Å². The third-order valence-electron chi connectivity index (χ3n) is 5.93. The van der Waals surface area contributed by atoms with Crippen LogP contribution >= 0.6 is 0 Å². The number of piperidine rings is 2. The van der Waals surface area contributed by atoms with E-state index in [0.717, 1.165) is 37.8 Å². The van der Waals surface area contributed by atoms with Gasteiger partial charge in [0.15, 0.2) is 6.61 Å². The van der Waals surface area contributed by atoms with Crippen molar-refractivity contribution in [3.63, 3.8) is 0 Å². The van der Waals surface area contributed by atoms with E-state index in [4.69, 9.17) is 4.74 Å². The smallest absolute Gasteiger partial charge is 0.310 e. The Morgan fingerprint density at radius 2 is 1.83 bits per heavy atom. The molecule has 2 atom stereocenters. The van der Waals surface area contributed by atoms with Crippen molar-refractivity contribution in [3.05, 3.63) is 30.1 Å². The summed E-state index contributed by atoms with van der Waals surface area (Å²) < 4.78 is 45.2. The minimum absolute atomic E-state index is 0.00592. The number of hydrogen-bond acceptors (Lipinski definition) is 5. The van der Waals surface area contributed by atoms with Crippen LogP contribution in [0.4, 0.5) is 4.39 Å². The van der Waals surface area contributed by atoms with Crippen LogP contribution < -0.4 is 0 Å². The second-order valence-electron chi connectivity index (χ2n) is 7.91. The summed E-state index contributed by atoms with van der Waals surface area (Å²) in [5.41, 5.74) is 0. The molecular formula is C21H29FN2O5S. The summed E-state index contributed by atoms with van der Waals surface area (Å²) in [5, 5.41) is 0. The number of sulfonamides is 1. The Kier molecular flexibility index (Phi) is 7.46. The molecule has 0 radical (unpaired) electrons. The van der Waals surface area contributed by atoms with Crippen molar-refractivity contribution in [2.45, 2.75) is 56.4 Å². The van der Waals surface area contributed by atoms with Crippen LogP contribution in [0, 0.1) is 11.7 Å². The minimum Gasteiger partial charge on any atom is -0.455 e. The summed E-state index contributed by atoms with van der Waals surface area (Å²) in [6, 6.07) is 4.81. The van der Waals surface area contributed by atoms with Crippen molar-refractivity contribution in [1.29, 1.82) is 0 Å². The van der Waals surface area contributed by atoms with E-state index in [9.17, 15) is 22.4 Å². The van der Waals surface area contributed by atoms with Crippen LogP contribution in [-0.4, -0.2) is 61.8 Å². The standard InChI is InChI=1S/C21H29FN2O5S/c1-2-18-7-3-4-13-24(18)20(25)15-29-21(26)16-6-5-12-23(14-16)30(27,28)19-10-8-17(22)9-11-19/h8-11,16,18H,2-7,12-15H2,1H3. The molecule has 1 aromatic rings. The van der Waals surface area contributed by atoms with Gasteiger partial charge in [-0.25, -0.2) is 12.8 Å². The second kappa shape index (κ2) is 9.87. The fourth-order valence-electron chi connectivity index (χ4n) is 4.20. The number of benzene rings is 1. The largest absolute Gasteiger partial charge is 0.455 e. The maximum Gasteiger partial charge on any atom is 0.310 e. The SMILES string of the molecule is CCC1CCCCN1C(=O)COC(=O)C1CCCN(S(=O)(=O)c2ccc(F)cc2)C1. The Balaban J connectivity index is 1.57. The summed E-state index contributed by atoms with van der Waals surface area (Å²) >= 11 is 0. The predicted molar refractivity (Wildman–Crippen MR) is 108 cm³/mol. The molecule has 0 N–H and O–H groups in total. The monoisotopic (exact) mass is 440 g/mol. The van der Waals surface area contributed by atoms with Gasteiger partial charge in [-0.15, -0.1) is 0 Å². The number of likely N-dealkylation sites (tertiary alicyclic amines) is 1. The molecule has 2 unspecified atom stereocenters. The topological polar surface area (TPSA) is 84.0 Å². The molecule has 0 bridgehead atoms. The van der Waals surface area contributed by atoms with Gasteiger partial charge in [-0.2, -0.15) is 4.31 Å². The fraction of sp³-hybridized carbons (Fsp3) is 0.619. The quantitative estimate of drug-likeness (QED) is 0.635. The summed E-state index contributed by atoms with van der Waals surface area (Å²) in [7, 11) is -3.82. The van der Waals surface area contributed by atoms with Gasteiger partial charge in [0.25, 0.3) is 5.91 Å². The third-order valence-corrected chi connectivity index (χ3v) is 7.80. The van der Waals surface area contributed by atoms with E-state index < -0.39 is 27.7 Å². The Morgan fingerprint density at radius 1 is 1.10 bits per heavy atom. The molecule has 30 heavy (non-hydrogen) atoms. The summed E-state index contributed by atoms with van der Waals surface area (Å²) in [5.74, 6) is -1.88. The van der Waals surface area contributed by atoms with Crippen molar-refractivity contribution in [2.75, 3.05) is 26.2 Å². The Bertz CT molecular complexity index is 859. The molecule has 1 amide bonds. The van der Waals surface area contributed by atoms with Gasteiger partial charge in [0.05, 0.1) is 10.8 Å². The highest BCUT2D eigenvalue weighted by molar-refractivity contribution is 7.89. The average molecular weight is 441 g/mol. The molecule has 3 rings (SSSR count). The first kappa shape index (κ1) is 22.7. The van der Waals surface area contributed by atoms with Gasteiger partial charge in [0.1, 0.15) is 5.82 Å². The summed E-state index contributed by atoms with van der Waals surface area (Å²) in [6.07, 6.45) is 4.91. The lowest BCUT2D eigenvalue weighted by Crippen LogP contribution is -2.46. The van der Waals surface area contributed by atoms with Gasteiger partial charge >= 0.3 is 5.97 Å². The lowest BCUT2D eigenvalue weighted by Gasteiger charge is -2.35. The highest BCUT2D eigenvalue weighted by Gasteiger charge is 2.35. The number of rotatable bonds is 6. The number of ether oxygens (including phenoxy) is 1. The predicted octanol–water partition coefficient (Wildman–Crippen LogP) is 2.56. The van der Waals surface area contributed by atoms with Crippen LogP contribution in [0.1, 0.15) is 45.4 Å². The number of esters is 1. The molecule has 1 aromatic carbocycles. The average Bonchev–Trinajstić information content (AvgIpc) is 2.77. The highest BCUT2D eigenvalue weighted by Crippen LogP contribution is 2.25. The molecule has 0 aromatic heterocycles. The first-order valence-electron chi connectivity index (χ1n) is 10.5. The molecular weight excluding hydrogens is 411 g/mol. The van der Waals surface area contributed by atoms with E-state index in [1.165, 1.54) is 16.4 Å². The van der Waals surface area contributed by atoms with Crippen LogP contribution in [0.5, 0.6) is 0 Å². The molecule has 2 aliphatic heterocycles. The van der Waals surface area contributed by atoms with Crippen LogP contribution in [0.2, 0.25) is 0 Å². The van der Waals surface area contributed by atoms with Gasteiger partial charge in [-0.1, -0.05) is 6.92 Å². The lowest BCUT2D eigenvalue weighted by molar-refractivity contribution is -0.157. The van der Waals surface area contributed by atoms with Gasteiger partial charge in [-0.3, -0.25) is 9.59 Å². The lowest BCUT2D eigenvalue weighted by atomic mass is 9.99. The molecule has 0 spiro atoms. The molecule has 2 fully saturated rings. The normalized spacial score (nSPS) is 23.2. The first-order chi connectivity index (χ1) is 14.3. The van der Waals surface area contributed by atoms with E-state index >= 15 is 0 Å². The number of halogens is 1. The zero-order valence-corrected chi connectivity index (χ0v) is 18.1. The molecule has 2 heterocycles. The number of carbonyl (C=O) groups is 2. The molecule has 7 nitrogen and oxygen atoms in total. The van der Waals surface area contributed by atoms with Crippen molar-refractivity contribution in [3.8, 4) is 0 Å². The van der Waals surface area contributed by atoms with Gasteiger partial charge in [0, 0.05) is 25.7 Å². The minimum atomic E-state index is -3.82. The number of nitrogens with zero attached hydrogens (tertiary/aromatic N) is 2. The van der Waals surface area contributed by atoms with E-state index in [0.29, 0.717) is 19.4 Å². The molecule has 0 saturated carbocycles. The Morgan fingerprint density at radius 3 is 2.53 bits per heavy atom. The van der Waals surface area contributed by atoms with Gasteiger partial charge in [-0.05, 0) is 62.8 Å². The molecule has 166 valence electrons. The molecule has 9 heteroatoms. The van der Waals surface area contributed by atoms with Crippen LogP contribution in [0.15, 0.2) is 29.2 Å². The van der Waals surface area contributed by atoms with Crippen molar-refractivity contribution < 1.29 is 27.1 Å². The molecule has 0 aliphatic carbocycles. The summed E-state index contributed by atoms with van der Waals surface area (Å²) in [4.78, 5) is 26.8. The first-order valence-corrected chi connectivity index (χ1v) is 12.0. The highest BCUT2D eigenvalue weighted by atomic mass is 32.2. The van der Waals surface area contributed by atoms with E-state index in [1.807, 2.05) is 6.92 Å². The van der Waals surface area contributed by atoms with Crippen molar-refractivity contribution in [1.82, 2.24) is 9.21 Å². The van der Waals surface area contributed by atoms with Gasteiger partial charge in [0.2, 0.25) is 10.0 Å². The van der Waals surface area contributed by atoms with Crippen LogP contribution in [0.25, 0.3) is 0 Å². The number of hydrogen-bond donors (Lipinski definition) is 0. The van der Waals surface area contributed by atoms with Crippen molar-refractivity contribution >= 4 is 21.9 Å². The van der Waals surface area contributed by atoms with E-state index in [-0.39, 0.29) is 36.5 Å². The fourth-order valence-corrected chi connectivity index (χ4v) is 5.72. The maximum atomic E-state index is 13.1. The molecule has 2 saturated heterocycles. The third kappa shape index (κ3) is 5.18. The summed E-state index contributed by atoms with van der Waals surface area (Å²) in [6.45, 7) is 2.70. The number of carbonyl (C=O) groups excluding carboxylic acids is 2. The zero-order chi connectivity index (χ0) is 21.7. The van der Waals surface area contributed by atoms with Gasteiger partial charge < -0.3 is 9.64 Å². The van der Waals surface area contributed by atoms with E-state index in [2.05, 4.69) is 0 Å². The zero-order valence-electron chi connectivity index (χ0n) is 17.3. The maximum absolute atomic E-state index is 13.1.